The molecule has 7 heteroatoms. The van der Waals surface area contributed by atoms with Crippen molar-refractivity contribution in [3.8, 4) is 0 Å². The van der Waals surface area contributed by atoms with Gasteiger partial charge < -0.3 is 10.5 Å². The minimum atomic E-state index is -0.767. The van der Waals surface area contributed by atoms with Crippen molar-refractivity contribution in [2.24, 2.45) is 0 Å². The second-order valence-corrected chi connectivity index (χ2v) is 3.60. The number of nitrogen functional groups attached to an aromatic ring is 1. The first-order valence-corrected chi connectivity index (χ1v) is 5.51. The number of nitro groups is 1. The van der Waals surface area contributed by atoms with Gasteiger partial charge in [-0.15, -0.1) is 0 Å². The van der Waals surface area contributed by atoms with Crippen LogP contribution in [0.3, 0.4) is 0 Å². The fourth-order valence-corrected chi connectivity index (χ4v) is 1.42. The molecule has 0 spiro atoms. The Balaban J connectivity index is 2.92. The predicted molar refractivity (Wildman–Crippen MR) is 67.8 cm³/mol. The van der Waals surface area contributed by atoms with E-state index in [1.54, 1.807) is 6.92 Å². The number of anilines is 1. The van der Waals surface area contributed by atoms with Crippen molar-refractivity contribution >= 4 is 23.4 Å². The Labute approximate surface area is 108 Å². The molecule has 0 atom stereocenters. The van der Waals surface area contributed by atoms with Crippen LogP contribution in [0.25, 0.3) is 6.08 Å². The zero-order valence-electron chi connectivity index (χ0n) is 10.3. The predicted octanol–water partition coefficient (Wildman–Crippen LogP) is 2.28. The molecule has 0 amide bonds. The van der Waals surface area contributed by atoms with E-state index in [9.17, 15) is 19.3 Å². The van der Waals surface area contributed by atoms with E-state index in [0.717, 1.165) is 12.1 Å². The third kappa shape index (κ3) is 4.06. The molecule has 0 saturated carbocycles. The first kappa shape index (κ1) is 14.6. The van der Waals surface area contributed by atoms with Gasteiger partial charge in [0.2, 0.25) is 0 Å². The van der Waals surface area contributed by atoms with Crippen molar-refractivity contribution in [2.45, 2.75) is 13.3 Å². The Morgan fingerprint density at radius 2 is 2.26 bits per heavy atom. The Bertz CT molecular complexity index is 529. The standard InChI is InChI=1S/C12H13FN2O4/c1-2-19-11(16)5-3-4-8-6-9(13)7-10(12(8)14)15(17)18/h3-4,6-7H,2,5,14H2,1H3. The number of nitro benzene ring substituents is 1. The topological polar surface area (TPSA) is 95.5 Å². The van der Waals surface area contributed by atoms with Gasteiger partial charge in [0.25, 0.3) is 5.69 Å². The van der Waals surface area contributed by atoms with Crippen LogP contribution in [0.2, 0.25) is 0 Å². The van der Waals surface area contributed by atoms with Crippen LogP contribution in [0.15, 0.2) is 18.2 Å². The first-order valence-electron chi connectivity index (χ1n) is 5.51. The summed E-state index contributed by atoms with van der Waals surface area (Å²) in [5.74, 6) is -1.21. The number of carbonyl (C=O) groups excluding carboxylic acids is 1. The minimum absolute atomic E-state index is 0.0163. The lowest BCUT2D eigenvalue weighted by molar-refractivity contribution is -0.384. The molecule has 2 N–H and O–H groups in total. The van der Waals surface area contributed by atoms with Gasteiger partial charge in [0.05, 0.1) is 24.0 Å². The van der Waals surface area contributed by atoms with Gasteiger partial charge >= 0.3 is 5.97 Å². The zero-order chi connectivity index (χ0) is 14.4. The smallest absolute Gasteiger partial charge is 0.309 e. The quantitative estimate of drug-likeness (QED) is 0.382. The van der Waals surface area contributed by atoms with Crippen molar-refractivity contribution in [3.63, 3.8) is 0 Å². The van der Waals surface area contributed by atoms with Crippen LogP contribution in [0.5, 0.6) is 0 Å². The van der Waals surface area contributed by atoms with E-state index in [0.29, 0.717) is 0 Å². The number of ether oxygens (including phenoxy) is 1. The third-order valence-corrected chi connectivity index (χ3v) is 2.24. The van der Waals surface area contributed by atoms with E-state index in [-0.39, 0.29) is 24.3 Å². The van der Waals surface area contributed by atoms with Gasteiger partial charge in [-0.2, -0.15) is 0 Å². The van der Waals surface area contributed by atoms with Crippen LogP contribution in [0, 0.1) is 15.9 Å². The maximum Gasteiger partial charge on any atom is 0.309 e. The molecule has 0 aliphatic rings. The highest BCUT2D eigenvalue weighted by Crippen LogP contribution is 2.27. The highest BCUT2D eigenvalue weighted by Gasteiger charge is 2.15. The lowest BCUT2D eigenvalue weighted by atomic mass is 10.1. The summed E-state index contributed by atoms with van der Waals surface area (Å²) in [5.41, 5.74) is 5.05. The average Bonchev–Trinajstić information content (AvgIpc) is 2.33. The first-order chi connectivity index (χ1) is 8.95. The van der Waals surface area contributed by atoms with Gasteiger partial charge in [0.1, 0.15) is 11.5 Å². The summed E-state index contributed by atoms with van der Waals surface area (Å²) in [7, 11) is 0. The largest absolute Gasteiger partial charge is 0.466 e. The average molecular weight is 268 g/mol. The van der Waals surface area contributed by atoms with Crippen molar-refractivity contribution in [1.82, 2.24) is 0 Å². The van der Waals surface area contributed by atoms with Crippen LogP contribution in [-0.4, -0.2) is 17.5 Å². The van der Waals surface area contributed by atoms with E-state index < -0.39 is 22.4 Å². The number of hydrogen-bond acceptors (Lipinski definition) is 5. The van der Waals surface area contributed by atoms with Gasteiger partial charge in [-0.3, -0.25) is 14.9 Å². The van der Waals surface area contributed by atoms with Gasteiger partial charge in [-0.05, 0) is 13.0 Å². The molecule has 0 saturated heterocycles. The molecule has 1 rings (SSSR count). The summed E-state index contributed by atoms with van der Waals surface area (Å²) in [6.45, 7) is 1.94. The number of nitrogens with two attached hydrogens (primary N) is 1. The summed E-state index contributed by atoms with van der Waals surface area (Å²) >= 11 is 0. The van der Waals surface area contributed by atoms with Crippen LogP contribution in [0.1, 0.15) is 18.9 Å². The normalized spacial score (nSPS) is 10.6. The molecule has 0 aromatic heterocycles. The molecule has 0 aliphatic heterocycles. The van der Waals surface area contributed by atoms with Gasteiger partial charge in [0.15, 0.2) is 0 Å². The monoisotopic (exact) mass is 268 g/mol. The molecule has 0 unspecified atom stereocenters. The summed E-state index contributed by atoms with van der Waals surface area (Å²) in [5, 5.41) is 10.7. The second kappa shape index (κ2) is 6.48. The Kier molecular flexibility index (Phi) is 4.99. The highest BCUT2D eigenvalue weighted by atomic mass is 19.1. The van der Waals surface area contributed by atoms with Crippen molar-refractivity contribution < 1.29 is 18.8 Å². The molecule has 0 bridgehead atoms. The summed E-state index contributed by atoms with van der Waals surface area (Å²) in [6.07, 6.45) is 2.74. The highest BCUT2D eigenvalue weighted by molar-refractivity contribution is 5.76. The van der Waals surface area contributed by atoms with Crippen molar-refractivity contribution in [2.75, 3.05) is 12.3 Å². The maximum absolute atomic E-state index is 13.2. The van der Waals surface area contributed by atoms with Crippen LogP contribution in [-0.2, 0) is 9.53 Å². The SMILES string of the molecule is CCOC(=O)CC=Cc1cc(F)cc([N+](=O)[O-])c1N. The van der Waals surface area contributed by atoms with Gasteiger partial charge in [-0.1, -0.05) is 12.2 Å². The van der Waals surface area contributed by atoms with Crippen LogP contribution in [0.4, 0.5) is 15.8 Å². The van der Waals surface area contributed by atoms with E-state index in [1.165, 1.54) is 12.2 Å². The Morgan fingerprint density at radius 1 is 1.58 bits per heavy atom. The molecule has 6 nitrogen and oxygen atoms in total. The zero-order valence-corrected chi connectivity index (χ0v) is 10.3. The van der Waals surface area contributed by atoms with E-state index in [2.05, 4.69) is 0 Å². The molecule has 0 fully saturated rings. The number of benzene rings is 1. The second-order valence-electron chi connectivity index (χ2n) is 3.60. The molecule has 1 aromatic rings. The van der Waals surface area contributed by atoms with Gasteiger partial charge in [-0.25, -0.2) is 4.39 Å². The van der Waals surface area contributed by atoms with E-state index >= 15 is 0 Å². The molecular weight excluding hydrogens is 255 g/mol. The molecule has 0 heterocycles. The number of hydrogen-bond donors (Lipinski definition) is 1. The fraction of sp³-hybridized carbons (Fsp3) is 0.250. The lowest BCUT2D eigenvalue weighted by Crippen LogP contribution is -2.02. The Morgan fingerprint density at radius 3 is 2.84 bits per heavy atom. The number of esters is 1. The molecule has 19 heavy (non-hydrogen) atoms. The van der Waals surface area contributed by atoms with Crippen molar-refractivity contribution in [1.29, 1.82) is 0 Å². The number of rotatable bonds is 5. The lowest BCUT2D eigenvalue weighted by Gasteiger charge is -2.02. The number of carbonyl (C=O) groups is 1. The molecule has 102 valence electrons. The Hall–Kier alpha value is -2.44. The maximum atomic E-state index is 13.2. The van der Waals surface area contributed by atoms with Gasteiger partial charge in [0, 0.05) is 5.56 Å². The molecule has 0 aliphatic carbocycles. The summed E-state index contributed by atoms with van der Waals surface area (Å²) < 4.78 is 17.9. The molecular formula is C12H13FN2O4. The van der Waals surface area contributed by atoms with Crippen LogP contribution >= 0.6 is 0 Å². The van der Waals surface area contributed by atoms with Crippen molar-refractivity contribution in [3.05, 3.63) is 39.7 Å². The fourth-order valence-electron chi connectivity index (χ4n) is 1.42. The summed E-state index contributed by atoms with van der Waals surface area (Å²) in [6, 6.07) is 1.81. The molecule has 0 radical (unpaired) electrons. The van der Waals surface area contributed by atoms with E-state index in [1.807, 2.05) is 0 Å². The van der Waals surface area contributed by atoms with E-state index in [4.69, 9.17) is 10.5 Å². The third-order valence-electron chi connectivity index (χ3n) is 2.24. The summed E-state index contributed by atoms with van der Waals surface area (Å²) in [4.78, 5) is 21.0. The number of nitrogens with zero attached hydrogens (tertiary/aromatic N) is 1. The minimum Gasteiger partial charge on any atom is -0.466 e. The molecule has 1 aromatic carbocycles. The number of halogens is 1. The van der Waals surface area contributed by atoms with Crippen LogP contribution < -0.4 is 5.73 Å².